The monoisotopic (exact) mass is 356 g/mol. The van der Waals surface area contributed by atoms with E-state index < -0.39 is 0 Å². The van der Waals surface area contributed by atoms with Gasteiger partial charge in [0.1, 0.15) is 12.0 Å². The normalized spacial score (nSPS) is 15.2. The fourth-order valence-electron chi connectivity index (χ4n) is 3.16. The molecule has 7 heteroatoms. The minimum Gasteiger partial charge on any atom is -0.393 e. The number of ether oxygens (including phenoxy) is 1. The molecule has 1 saturated heterocycles. The van der Waals surface area contributed by atoms with Gasteiger partial charge in [-0.15, -0.1) is 0 Å². The maximum absolute atomic E-state index is 6.31. The Labute approximate surface area is 155 Å². The SMILES string of the molecule is COCCCNc1ncnc(N2CCN(Cc3ccccc3)CC2)c1N. The molecular weight excluding hydrogens is 328 g/mol. The van der Waals surface area contributed by atoms with Crippen molar-refractivity contribution in [3.8, 4) is 0 Å². The van der Waals surface area contributed by atoms with Crippen LogP contribution in [0, 0.1) is 0 Å². The summed E-state index contributed by atoms with van der Waals surface area (Å²) in [6, 6.07) is 10.6. The van der Waals surface area contributed by atoms with Gasteiger partial charge in [0.05, 0.1) is 0 Å². The van der Waals surface area contributed by atoms with Crippen molar-refractivity contribution >= 4 is 17.3 Å². The summed E-state index contributed by atoms with van der Waals surface area (Å²) in [5.41, 5.74) is 8.29. The van der Waals surface area contributed by atoms with Crippen LogP contribution in [0.15, 0.2) is 36.7 Å². The lowest BCUT2D eigenvalue weighted by atomic mass is 10.2. The van der Waals surface area contributed by atoms with E-state index in [0.29, 0.717) is 18.1 Å². The smallest absolute Gasteiger partial charge is 0.157 e. The molecule has 1 aromatic carbocycles. The molecule has 7 nitrogen and oxygen atoms in total. The van der Waals surface area contributed by atoms with Gasteiger partial charge in [-0.05, 0) is 12.0 Å². The zero-order valence-corrected chi connectivity index (χ0v) is 15.4. The zero-order chi connectivity index (χ0) is 18.2. The molecule has 1 aliphatic heterocycles. The molecule has 1 aromatic heterocycles. The van der Waals surface area contributed by atoms with Crippen LogP contribution in [0.3, 0.4) is 0 Å². The number of benzene rings is 1. The molecule has 2 heterocycles. The summed E-state index contributed by atoms with van der Waals surface area (Å²) in [6.45, 7) is 6.30. The number of methoxy groups -OCH3 is 1. The molecule has 0 unspecified atom stereocenters. The van der Waals surface area contributed by atoms with Crippen LogP contribution in [0.1, 0.15) is 12.0 Å². The van der Waals surface area contributed by atoms with Crippen molar-refractivity contribution in [2.45, 2.75) is 13.0 Å². The van der Waals surface area contributed by atoms with Gasteiger partial charge in [-0.1, -0.05) is 30.3 Å². The van der Waals surface area contributed by atoms with Crippen LogP contribution in [-0.4, -0.2) is 61.3 Å². The van der Waals surface area contributed by atoms with Crippen molar-refractivity contribution in [3.05, 3.63) is 42.2 Å². The summed E-state index contributed by atoms with van der Waals surface area (Å²) < 4.78 is 5.06. The number of nitrogens with zero attached hydrogens (tertiary/aromatic N) is 4. The van der Waals surface area contributed by atoms with E-state index >= 15 is 0 Å². The van der Waals surface area contributed by atoms with Crippen molar-refractivity contribution in [3.63, 3.8) is 0 Å². The third-order valence-electron chi connectivity index (χ3n) is 4.60. The average molecular weight is 356 g/mol. The second kappa shape index (κ2) is 9.35. The van der Waals surface area contributed by atoms with Gasteiger partial charge in [0.15, 0.2) is 11.6 Å². The number of piperazine rings is 1. The zero-order valence-electron chi connectivity index (χ0n) is 15.4. The van der Waals surface area contributed by atoms with Crippen LogP contribution in [-0.2, 0) is 11.3 Å². The molecule has 3 N–H and O–H groups in total. The standard InChI is InChI=1S/C19H28N6O/c1-26-13-5-8-21-18-17(20)19(23-15-22-18)25-11-9-24(10-12-25)14-16-6-3-2-4-7-16/h2-4,6-7,15H,5,8-14,20H2,1H3,(H,21,22,23). The summed E-state index contributed by atoms with van der Waals surface area (Å²) in [6.07, 6.45) is 2.49. The molecule has 0 aliphatic carbocycles. The quantitative estimate of drug-likeness (QED) is 0.699. The Morgan fingerprint density at radius 1 is 1.12 bits per heavy atom. The van der Waals surface area contributed by atoms with Gasteiger partial charge in [0.2, 0.25) is 0 Å². The molecule has 0 saturated carbocycles. The number of hydrogen-bond acceptors (Lipinski definition) is 7. The molecule has 0 bridgehead atoms. The van der Waals surface area contributed by atoms with Gasteiger partial charge in [-0.25, -0.2) is 9.97 Å². The van der Waals surface area contributed by atoms with Crippen molar-refractivity contribution in [2.75, 3.05) is 62.4 Å². The van der Waals surface area contributed by atoms with Gasteiger partial charge in [0, 0.05) is 53.0 Å². The molecule has 0 atom stereocenters. The number of hydrogen-bond donors (Lipinski definition) is 2. The Balaban J connectivity index is 1.55. The number of anilines is 3. The number of nitrogens with two attached hydrogens (primary N) is 1. The lowest BCUT2D eigenvalue weighted by Crippen LogP contribution is -2.46. The van der Waals surface area contributed by atoms with E-state index in [1.165, 1.54) is 5.56 Å². The lowest BCUT2D eigenvalue weighted by molar-refractivity contribution is 0.198. The number of nitrogens with one attached hydrogen (secondary N) is 1. The third-order valence-corrected chi connectivity index (χ3v) is 4.60. The van der Waals surface area contributed by atoms with E-state index in [2.05, 4.69) is 55.4 Å². The van der Waals surface area contributed by atoms with E-state index in [-0.39, 0.29) is 0 Å². The highest BCUT2D eigenvalue weighted by atomic mass is 16.5. The van der Waals surface area contributed by atoms with Gasteiger partial charge in [-0.3, -0.25) is 4.90 Å². The van der Waals surface area contributed by atoms with Gasteiger partial charge < -0.3 is 20.7 Å². The van der Waals surface area contributed by atoms with Crippen LogP contribution >= 0.6 is 0 Å². The molecule has 1 fully saturated rings. The number of nitrogen functional groups attached to an aromatic ring is 1. The fourth-order valence-corrected chi connectivity index (χ4v) is 3.16. The second-order valence-electron chi connectivity index (χ2n) is 6.48. The molecule has 26 heavy (non-hydrogen) atoms. The van der Waals surface area contributed by atoms with Gasteiger partial charge in [0.25, 0.3) is 0 Å². The first-order valence-corrected chi connectivity index (χ1v) is 9.12. The molecule has 0 amide bonds. The highest BCUT2D eigenvalue weighted by Crippen LogP contribution is 2.27. The van der Waals surface area contributed by atoms with Crippen molar-refractivity contribution in [2.24, 2.45) is 0 Å². The highest BCUT2D eigenvalue weighted by molar-refractivity contribution is 5.75. The van der Waals surface area contributed by atoms with Crippen molar-refractivity contribution < 1.29 is 4.74 Å². The molecule has 140 valence electrons. The summed E-state index contributed by atoms with van der Waals surface area (Å²) in [5.74, 6) is 1.53. The summed E-state index contributed by atoms with van der Waals surface area (Å²) in [7, 11) is 1.70. The summed E-state index contributed by atoms with van der Waals surface area (Å²) >= 11 is 0. The van der Waals surface area contributed by atoms with Crippen molar-refractivity contribution in [1.29, 1.82) is 0 Å². The molecule has 0 radical (unpaired) electrons. The van der Waals surface area contributed by atoms with E-state index in [4.69, 9.17) is 10.5 Å². The topological polar surface area (TPSA) is 79.5 Å². The predicted molar refractivity (Wildman–Crippen MR) is 105 cm³/mol. The molecular formula is C19H28N6O. The van der Waals surface area contributed by atoms with E-state index in [1.807, 2.05) is 0 Å². The van der Waals surface area contributed by atoms with Crippen LogP contribution in [0.5, 0.6) is 0 Å². The lowest BCUT2D eigenvalue weighted by Gasteiger charge is -2.36. The Bertz CT molecular complexity index is 673. The van der Waals surface area contributed by atoms with Gasteiger partial charge >= 0.3 is 0 Å². The van der Waals surface area contributed by atoms with Crippen LogP contribution in [0.4, 0.5) is 17.3 Å². The highest BCUT2D eigenvalue weighted by Gasteiger charge is 2.21. The first-order valence-electron chi connectivity index (χ1n) is 9.12. The predicted octanol–water partition coefficient (Wildman–Crippen LogP) is 1.83. The second-order valence-corrected chi connectivity index (χ2v) is 6.48. The van der Waals surface area contributed by atoms with Crippen molar-refractivity contribution in [1.82, 2.24) is 14.9 Å². The first-order chi connectivity index (χ1) is 12.8. The fraction of sp³-hybridized carbons (Fsp3) is 0.474. The number of rotatable bonds is 8. The maximum atomic E-state index is 6.31. The molecule has 1 aliphatic rings. The minimum absolute atomic E-state index is 0.626. The minimum atomic E-state index is 0.626. The Morgan fingerprint density at radius 3 is 2.62 bits per heavy atom. The maximum Gasteiger partial charge on any atom is 0.157 e. The van der Waals surface area contributed by atoms with Crippen LogP contribution < -0.4 is 16.0 Å². The molecule has 3 rings (SSSR count). The first kappa shape index (κ1) is 18.4. The summed E-state index contributed by atoms with van der Waals surface area (Å²) in [4.78, 5) is 13.4. The van der Waals surface area contributed by atoms with E-state index in [1.54, 1.807) is 13.4 Å². The van der Waals surface area contributed by atoms with Crippen LogP contribution in [0.25, 0.3) is 0 Å². The summed E-state index contributed by atoms with van der Waals surface area (Å²) in [5, 5.41) is 3.28. The van der Waals surface area contributed by atoms with Gasteiger partial charge in [-0.2, -0.15) is 0 Å². The Morgan fingerprint density at radius 2 is 1.88 bits per heavy atom. The third kappa shape index (κ3) is 4.83. The number of aromatic nitrogens is 2. The van der Waals surface area contributed by atoms with E-state index in [9.17, 15) is 0 Å². The average Bonchev–Trinajstić information content (AvgIpc) is 2.68. The van der Waals surface area contributed by atoms with Crippen LogP contribution in [0.2, 0.25) is 0 Å². The molecule has 0 spiro atoms. The largest absolute Gasteiger partial charge is 0.393 e. The Hall–Kier alpha value is -2.38. The Kier molecular flexibility index (Phi) is 6.62. The van der Waals surface area contributed by atoms with E-state index in [0.717, 1.165) is 51.5 Å². The molecule has 2 aromatic rings.